The molecule has 1 atom stereocenters. The highest BCUT2D eigenvalue weighted by molar-refractivity contribution is 6.42. The van der Waals surface area contributed by atoms with Crippen molar-refractivity contribution >= 4 is 24.0 Å². The lowest BCUT2D eigenvalue weighted by molar-refractivity contribution is -0.782. The van der Waals surface area contributed by atoms with Crippen LogP contribution in [0.25, 0.3) is 0 Å². The summed E-state index contributed by atoms with van der Waals surface area (Å²) >= 11 is 0. The fourth-order valence-corrected chi connectivity index (χ4v) is 2.44. The summed E-state index contributed by atoms with van der Waals surface area (Å²) < 4.78 is 0.507. The van der Waals surface area contributed by atoms with Crippen LogP contribution in [0.1, 0.15) is 24.0 Å². The van der Waals surface area contributed by atoms with Gasteiger partial charge in [-0.1, -0.05) is 0 Å². The van der Waals surface area contributed by atoms with E-state index in [0.29, 0.717) is 16.1 Å². The van der Waals surface area contributed by atoms with Crippen molar-refractivity contribution in [3.63, 3.8) is 0 Å². The standard InChI is InChI=1S/C14H21N5O.ClH/c1-4-19(10-5-9-18(2)3)11-8-17-14(19)12(20)13-15-6-7-16-13;/h6-8,11H,4-5,9-10H2,1-3H3;1H/p+1. The third kappa shape index (κ3) is 3.78. The second-order valence-corrected chi connectivity index (χ2v) is 5.25. The van der Waals surface area contributed by atoms with E-state index in [0.717, 1.165) is 26.1 Å². The van der Waals surface area contributed by atoms with Gasteiger partial charge in [0, 0.05) is 25.4 Å². The fourth-order valence-electron chi connectivity index (χ4n) is 2.44. The van der Waals surface area contributed by atoms with Crippen molar-refractivity contribution in [1.29, 1.82) is 0 Å². The van der Waals surface area contributed by atoms with Gasteiger partial charge in [0.05, 0.1) is 19.3 Å². The van der Waals surface area contributed by atoms with Crippen molar-refractivity contribution in [1.82, 2.24) is 14.9 Å². The van der Waals surface area contributed by atoms with Crippen LogP contribution in [0.5, 0.6) is 0 Å². The predicted molar refractivity (Wildman–Crippen MR) is 85.6 cm³/mol. The molecule has 1 N–H and O–H groups in total. The molecule has 116 valence electrons. The first-order chi connectivity index (χ1) is 9.59. The summed E-state index contributed by atoms with van der Waals surface area (Å²) in [5.41, 5.74) is 0. The van der Waals surface area contributed by atoms with Gasteiger partial charge < -0.3 is 9.88 Å². The van der Waals surface area contributed by atoms with E-state index in [4.69, 9.17) is 0 Å². The Kier molecular flexibility index (Phi) is 6.26. The van der Waals surface area contributed by atoms with Crippen LogP contribution in [0.4, 0.5) is 0 Å². The zero-order chi connectivity index (χ0) is 14.6. The number of likely N-dealkylation sites (N-methyl/N-ethyl adjacent to an activating group) is 1. The van der Waals surface area contributed by atoms with E-state index in [9.17, 15) is 4.79 Å². The number of halogens is 1. The fraction of sp³-hybridized carbons (Fsp3) is 0.500. The summed E-state index contributed by atoms with van der Waals surface area (Å²) in [4.78, 5) is 25.8. The van der Waals surface area contributed by atoms with Crippen molar-refractivity contribution in [2.45, 2.75) is 13.3 Å². The molecule has 0 fully saturated rings. The summed E-state index contributed by atoms with van der Waals surface area (Å²) in [6.07, 6.45) is 7.99. The minimum absolute atomic E-state index is 0. The number of H-pyrrole nitrogens is 1. The van der Waals surface area contributed by atoms with Crippen LogP contribution in [-0.2, 0) is 0 Å². The monoisotopic (exact) mass is 312 g/mol. The average molecular weight is 313 g/mol. The third-order valence-electron chi connectivity index (χ3n) is 3.61. The maximum Gasteiger partial charge on any atom is 0.302 e. The van der Waals surface area contributed by atoms with Crippen molar-refractivity contribution < 1.29 is 9.28 Å². The number of ketones is 1. The van der Waals surface area contributed by atoms with Gasteiger partial charge in [-0.25, -0.2) is 9.47 Å². The number of hydrogen-bond donors (Lipinski definition) is 1. The zero-order valence-corrected chi connectivity index (χ0v) is 13.6. The number of aromatic nitrogens is 2. The minimum atomic E-state index is -0.119. The molecule has 0 aliphatic carbocycles. The highest BCUT2D eigenvalue weighted by atomic mass is 35.5. The first-order valence-electron chi connectivity index (χ1n) is 6.91. The molecule has 0 saturated heterocycles. The van der Waals surface area contributed by atoms with Gasteiger partial charge >= 0.3 is 5.78 Å². The Labute approximate surface area is 131 Å². The van der Waals surface area contributed by atoms with E-state index in [2.05, 4.69) is 40.9 Å². The zero-order valence-electron chi connectivity index (χ0n) is 12.7. The molecule has 0 amide bonds. The SMILES string of the molecule is CC[N+]1(CCCN(C)C)C=CN=C1C(=O)c1ncc[nH]1.Cl. The molecule has 0 spiro atoms. The van der Waals surface area contributed by atoms with Gasteiger partial charge in [0.15, 0.2) is 5.82 Å². The average Bonchev–Trinajstić information content (AvgIpc) is 3.07. The van der Waals surface area contributed by atoms with Crippen LogP contribution in [0.2, 0.25) is 0 Å². The number of Topliss-reactive ketones (excluding diaryl/α,β-unsaturated/α-hetero) is 1. The van der Waals surface area contributed by atoms with Crippen LogP contribution in [-0.4, -0.2) is 64.7 Å². The Morgan fingerprint density at radius 3 is 2.76 bits per heavy atom. The third-order valence-corrected chi connectivity index (χ3v) is 3.61. The van der Waals surface area contributed by atoms with E-state index in [1.165, 1.54) is 0 Å². The molecule has 0 radical (unpaired) electrons. The molecular weight excluding hydrogens is 290 g/mol. The normalized spacial score (nSPS) is 20.5. The van der Waals surface area contributed by atoms with E-state index in [1.807, 2.05) is 6.20 Å². The number of quaternary nitrogens is 1. The molecule has 1 aliphatic heterocycles. The second kappa shape index (κ2) is 7.49. The molecule has 6 nitrogen and oxygen atoms in total. The number of nitrogens with zero attached hydrogens (tertiary/aromatic N) is 4. The summed E-state index contributed by atoms with van der Waals surface area (Å²) in [5, 5.41) is 0. The number of amidine groups is 1. The number of carbonyl (C=O) groups excluding carboxylic acids is 1. The Balaban J connectivity index is 0.00000220. The van der Waals surface area contributed by atoms with Gasteiger partial charge in [0.25, 0.3) is 5.84 Å². The molecule has 2 rings (SSSR count). The lowest BCUT2D eigenvalue weighted by atomic mass is 10.2. The number of aliphatic imine (C=N–C) groups is 1. The molecule has 0 bridgehead atoms. The smallest absolute Gasteiger partial charge is 0.302 e. The molecule has 1 unspecified atom stereocenters. The topological polar surface area (TPSA) is 61.4 Å². The van der Waals surface area contributed by atoms with Crippen molar-refractivity contribution in [2.75, 3.05) is 33.7 Å². The van der Waals surface area contributed by atoms with Gasteiger partial charge in [-0.2, -0.15) is 4.99 Å². The number of carbonyl (C=O) groups is 1. The van der Waals surface area contributed by atoms with Gasteiger partial charge in [-0.05, 0) is 21.0 Å². The largest absolute Gasteiger partial charge is 0.342 e. The maximum absolute atomic E-state index is 12.5. The highest BCUT2D eigenvalue weighted by Crippen LogP contribution is 2.20. The quantitative estimate of drug-likeness (QED) is 0.615. The van der Waals surface area contributed by atoms with E-state index in [1.54, 1.807) is 18.6 Å². The van der Waals surface area contributed by atoms with Crippen LogP contribution in [0, 0.1) is 0 Å². The number of aromatic amines is 1. The summed E-state index contributed by atoms with van der Waals surface area (Å²) in [5.74, 6) is 0.795. The molecule has 7 heteroatoms. The van der Waals surface area contributed by atoms with Crippen molar-refractivity contribution in [3.05, 3.63) is 30.6 Å². The molecule has 2 heterocycles. The van der Waals surface area contributed by atoms with Crippen molar-refractivity contribution in [3.8, 4) is 0 Å². The summed E-state index contributed by atoms with van der Waals surface area (Å²) in [6.45, 7) is 4.76. The Bertz CT molecular complexity index is 523. The maximum atomic E-state index is 12.5. The number of hydrogen-bond acceptors (Lipinski definition) is 4. The van der Waals surface area contributed by atoms with Crippen LogP contribution < -0.4 is 0 Å². The van der Waals surface area contributed by atoms with Crippen LogP contribution in [0.15, 0.2) is 29.8 Å². The van der Waals surface area contributed by atoms with E-state index in [-0.39, 0.29) is 18.2 Å². The number of imidazole rings is 1. The predicted octanol–water partition coefficient (Wildman–Crippen LogP) is 1.69. The van der Waals surface area contributed by atoms with Gasteiger partial charge in [-0.15, -0.1) is 12.4 Å². The van der Waals surface area contributed by atoms with E-state index >= 15 is 0 Å². The van der Waals surface area contributed by atoms with Crippen LogP contribution >= 0.6 is 12.4 Å². The molecule has 0 aromatic carbocycles. The minimum Gasteiger partial charge on any atom is -0.342 e. The molecule has 1 aliphatic rings. The first-order valence-corrected chi connectivity index (χ1v) is 6.91. The first kappa shape index (κ1) is 17.6. The Morgan fingerprint density at radius 2 is 2.19 bits per heavy atom. The Morgan fingerprint density at radius 1 is 1.43 bits per heavy atom. The molecule has 21 heavy (non-hydrogen) atoms. The summed E-state index contributed by atoms with van der Waals surface area (Å²) in [7, 11) is 4.11. The second-order valence-electron chi connectivity index (χ2n) is 5.25. The van der Waals surface area contributed by atoms with Gasteiger partial charge in [0.2, 0.25) is 0 Å². The lowest BCUT2D eigenvalue weighted by Gasteiger charge is -2.30. The Hall–Kier alpha value is -1.50. The lowest BCUT2D eigenvalue weighted by Crippen LogP contribution is -2.51. The molecule has 1 aromatic heterocycles. The van der Waals surface area contributed by atoms with Gasteiger partial charge in [-0.3, -0.25) is 4.79 Å². The van der Waals surface area contributed by atoms with Crippen LogP contribution in [0.3, 0.4) is 0 Å². The molecule has 0 saturated carbocycles. The number of rotatable bonds is 7. The summed E-state index contributed by atoms with van der Waals surface area (Å²) in [6, 6.07) is 0. The van der Waals surface area contributed by atoms with Crippen molar-refractivity contribution in [2.24, 2.45) is 4.99 Å². The number of nitrogens with one attached hydrogen (secondary N) is 1. The van der Waals surface area contributed by atoms with E-state index < -0.39 is 0 Å². The highest BCUT2D eigenvalue weighted by Gasteiger charge is 2.39. The molecular formula is C14H23ClN5O+. The molecule has 1 aromatic rings. The van der Waals surface area contributed by atoms with Gasteiger partial charge in [0.1, 0.15) is 6.20 Å².